The first-order chi connectivity index (χ1) is 8.09. The van der Waals surface area contributed by atoms with E-state index in [1.165, 1.54) is 17.4 Å². The Morgan fingerprint density at radius 2 is 2.18 bits per heavy atom. The summed E-state index contributed by atoms with van der Waals surface area (Å²) < 4.78 is 13.6. The summed E-state index contributed by atoms with van der Waals surface area (Å²) in [4.78, 5) is 10.1. The first kappa shape index (κ1) is 11.7. The Balaban J connectivity index is 2.44. The highest BCUT2D eigenvalue weighted by Gasteiger charge is 2.17. The molecule has 1 atom stereocenters. The van der Waals surface area contributed by atoms with Crippen molar-refractivity contribution in [1.82, 2.24) is 0 Å². The summed E-state index contributed by atoms with van der Waals surface area (Å²) in [5.41, 5.74) is 6.60. The molecule has 0 saturated heterocycles. The second kappa shape index (κ2) is 4.60. The Labute approximate surface area is 101 Å². The van der Waals surface area contributed by atoms with E-state index >= 15 is 0 Å². The molecule has 0 aliphatic heterocycles. The molecule has 2 aromatic rings. The number of hydrogen-bond donors (Lipinski definition) is 1. The van der Waals surface area contributed by atoms with Crippen LogP contribution < -0.4 is 5.73 Å². The molecule has 2 N–H and O–H groups in total. The smallest absolute Gasteiger partial charge is 0.269 e. The van der Waals surface area contributed by atoms with Crippen LogP contribution in [-0.4, -0.2) is 4.92 Å². The van der Waals surface area contributed by atoms with Gasteiger partial charge in [-0.15, -0.1) is 0 Å². The Bertz CT molecular complexity index is 542. The molecule has 4 nitrogen and oxygen atoms in total. The van der Waals surface area contributed by atoms with Crippen LogP contribution in [0.5, 0.6) is 0 Å². The molecule has 0 spiro atoms. The van der Waals surface area contributed by atoms with E-state index in [-0.39, 0.29) is 11.3 Å². The van der Waals surface area contributed by atoms with Gasteiger partial charge in [-0.2, -0.15) is 11.3 Å². The average Bonchev–Trinajstić information content (AvgIpc) is 2.81. The van der Waals surface area contributed by atoms with Gasteiger partial charge < -0.3 is 5.73 Å². The predicted octanol–water partition coefficient (Wildman–Crippen LogP) is 2.84. The number of rotatable bonds is 3. The van der Waals surface area contributed by atoms with Crippen molar-refractivity contribution >= 4 is 17.0 Å². The van der Waals surface area contributed by atoms with E-state index in [0.717, 1.165) is 17.7 Å². The van der Waals surface area contributed by atoms with Crippen LogP contribution in [0.15, 0.2) is 35.0 Å². The van der Waals surface area contributed by atoms with E-state index in [0.29, 0.717) is 0 Å². The van der Waals surface area contributed by atoms with Crippen LogP contribution in [0, 0.1) is 15.9 Å². The van der Waals surface area contributed by atoms with Crippen molar-refractivity contribution in [2.75, 3.05) is 0 Å². The van der Waals surface area contributed by atoms with Crippen LogP contribution in [0.4, 0.5) is 10.1 Å². The molecule has 0 fully saturated rings. The molecule has 0 bridgehead atoms. The molecule has 1 heterocycles. The highest BCUT2D eigenvalue weighted by Crippen LogP contribution is 2.27. The number of hydrogen-bond acceptors (Lipinski definition) is 4. The third-order valence-corrected chi connectivity index (χ3v) is 3.13. The zero-order valence-electron chi connectivity index (χ0n) is 8.67. The quantitative estimate of drug-likeness (QED) is 0.674. The molecular formula is C11H9FN2O2S. The van der Waals surface area contributed by atoms with E-state index in [9.17, 15) is 14.5 Å². The predicted molar refractivity (Wildman–Crippen MR) is 63.4 cm³/mol. The van der Waals surface area contributed by atoms with E-state index < -0.39 is 16.8 Å². The number of halogens is 1. The van der Waals surface area contributed by atoms with E-state index in [4.69, 9.17) is 5.73 Å². The van der Waals surface area contributed by atoms with E-state index in [1.54, 1.807) is 11.4 Å². The van der Waals surface area contributed by atoms with Gasteiger partial charge in [0.1, 0.15) is 5.82 Å². The molecule has 6 heteroatoms. The Kier molecular flexibility index (Phi) is 3.16. The number of nitrogens with zero attached hydrogens (tertiary/aromatic N) is 1. The number of nitro groups is 1. The molecular weight excluding hydrogens is 243 g/mol. The largest absolute Gasteiger partial charge is 0.320 e. The molecule has 1 aromatic carbocycles. The van der Waals surface area contributed by atoms with Crippen molar-refractivity contribution in [2.45, 2.75) is 6.04 Å². The van der Waals surface area contributed by atoms with Crippen LogP contribution >= 0.6 is 11.3 Å². The number of benzene rings is 1. The fourth-order valence-corrected chi connectivity index (χ4v) is 2.21. The molecule has 0 saturated carbocycles. The van der Waals surface area contributed by atoms with Crippen molar-refractivity contribution in [3.8, 4) is 0 Å². The lowest BCUT2D eigenvalue weighted by molar-refractivity contribution is -0.385. The van der Waals surface area contributed by atoms with Crippen LogP contribution in [0.1, 0.15) is 17.2 Å². The summed E-state index contributed by atoms with van der Waals surface area (Å²) in [5.74, 6) is -0.533. The SMILES string of the molecule is N[C@@H](c1ccsc1)c1cc([N+](=O)[O-])ccc1F. The van der Waals surface area contributed by atoms with Crippen molar-refractivity contribution in [3.63, 3.8) is 0 Å². The van der Waals surface area contributed by atoms with Gasteiger partial charge in [0.2, 0.25) is 0 Å². The van der Waals surface area contributed by atoms with Gasteiger partial charge in [0.25, 0.3) is 5.69 Å². The lowest BCUT2D eigenvalue weighted by atomic mass is 10.0. The Hall–Kier alpha value is -1.79. The monoisotopic (exact) mass is 252 g/mol. The first-order valence-electron chi connectivity index (χ1n) is 4.81. The first-order valence-corrected chi connectivity index (χ1v) is 5.75. The third kappa shape index (κ3) is 2.32. The summed E-state index contributed by atoms with van der Waals surface area (Å²) in [5, 5.41) is 14.2. The Morgan fingerprint density at radius 1 is 1.41 bits per heavy atom. The molecule has 0 amide bonds. The molecule has 0 unspecified atom stereocenters. The molecule has 0 radical (unpaired) electrons. The zero-order chi connectivity index (χ0) is 12.4. The molecule has 1 aromatic heterocycles. The number of nitrogens with two attached hydrogens (primary N) is 1. The topological polar surface area (TPSA) is 69.2 Å². The molecule has 17 heavy (non-hydrogen) atoms. The van der Waals surface area contributed by atoms with Crippen molar-refractivity contribution < 1.29 is 9.31 Å². The van der Waals surface area contributed by atoms with Gasteiger partial charge in [-0.1, -0.05) is 0 Å². The highest BCUT2D eigenvalue weighted by atomic mass is 32.1. The lowest BCUT2D eigenvalue weighted by Gasteiger charge is -2.11. The van der Waals surface area contributed by atoms with E-state index in [2.05, 4.69) is 0 Å². The van der Waals surface area contributed by atoms with Crippen molar-refractivity contribution in [3.05, 3.63) is 62.1 Å². The molecule has 88 valence electrons. The summed E-state index contributed by atoms with van der Waals surface area (Å²) in [6, 6.07) is 4.46. The summed E-state index contributed by atoms with van der Waals surface area (Å²) in [6.45, 7) is 0. The van der Waals surface area contributed by atoms with Gasteiger partial charge >= 0.3 is 0 Å². The number of nitro benzene ring substituents is 1. The summed E-state index contributed by atoms with van der Waals surface area (Å²) in [6.07, 6.45) is 0. The van der Waals surface area contributed by atoms with Crippen LogP contribution in [-0.2, 0) is 0 Å². The fourth-order valence-electron chi connectivity index (χ4n) is 1.51. The molecule has 0 aliphatic carbocycles. The number of thiophene rings is 1. The van der Waals surface area contributed by atoms with Gasteiger partial charge in [0.15, 0.2) is 0 Å². The van der Waals surface area contributed by atoms with E-state index in [1.807, 2.05) is 5.38 Å². The maximum Gasteiger partial charge on any atom is 0.269 e. The fraction of sp³-hybridized carbons (Fsp3) is 0.0909. The summed E-state index contributed by atoms with van der Waals surface area (Å²) >= 11 is 1.44. The van der Waals surface area contributed by atoms with Crippen LogP contribution in [0.25, 0.3) is 0 Å². The van der Waals surface area contributed by atoms with Crippen LogP contribution in [0.2, 0.25) is 0 Å². The Morgan fingerprint density at radius 3 is 2.76 bits per heavy atom. The standard InChI is InChI=1S/C11H9FN2O2S/c12-10-2-1-8(14(15)16)5-9(10)11(13)7-3-4-17-6-7/h1-6,11H,13H2/t11-/m0/s1. The normalized spacial score (nSPS) is 12.4. The highest BCUT2D eigenvalue weighted by molar-refractivity contribution is 7.08. The van der Waals surface area contributed by atoms with Gasteiger partial charge in [0, 0.05) is 17.7 Å². The van der Waals surface area contributed by atoms with Crippen molar-refractivity contribution in [2.24, 2.45) is 5.73 Å². The second-order valence-corrected chi connectivity index (χ2v) is 4.28. The second-order valence-electron chi connectivity index (χ2n) is 3.50. The molecule has 2 rings (SSSR count). The third-order valence-electron chi connectivity index (χ3n) is 2.43. The maximum absolute atomic E-state index is 13.6. The van der Waals surface area contributed by atoms with Crippen LogP contribution in [0.3, 0.4) is 0 Å². The minimum absolute atomic E-state index is 0.137. The lowest BCUT2D eigenvalue weighted by Crippen LogP contribution is -2.13. The van der Waals surface area contributed by atoms with Crippen molar-refractivity contribution in [1.29, 1.82) is 0 Å². The maximum atomic E-state index is 13.6. The van der Waals surface area contributed by atoms with Gasteiger partial charge in [-0.05, 0) is 28.5 Å². The van der Waals surface area contributed by atoms with Gasteiger partial charge in [-0.25, -0.2) is 4.39 Å². The minimum Gasteiger partial charge on any atom is -0.320 e. The minimum atomic E-state index is -0.679. The van der Waals surface area contributed by atoms with Gasteiger partial charge in [0.05, 0.1) is 11.0 Å². The molecule has 0 aliphatic rings. The van der Waals surface area contributed by atoms with Gasteiger partial charge in [-0.3, -0.25) is 10.1 Å². The summed E-state index contributed by atoms with van der Waals surface area (Å²) in [7, 11) is 0. The number of non-ortho nitro benzene ring substituents is 1. The average molecular weight is 252 g/mol. The zero-order valence-corrected chi connectivity index (χ0v) is 9.49.